The molecule has 0 bridgehead atoms. The molecule has 8 heteroatoms. The second-order valence-corrected chi connectivity index (χ2v) is 10.4. The van der Waals surface area contributed by atoms with Crippen molar-refractivity contribution in [1.29, 1.82) is 0 Å². The van der Waals surface area contributed by atoms with E-state index in [2.05, 4.69) is 27.1 Å². The van der Waals surface area contributed by atoms with Crippen molar-refractivity contribution < 1.29 is 4.79 Å². The van der Waals surface area contributed by atoms with Gasteiger partial charge in [0.1, 0.15) is 16.5 Å². The van der Waals surface area contributed by atoms with Crippen LogP contribution >= 0.6 is 22.7 Å². The van der Waals surface area contributed by atoms with Gasteiger partial charge in [-0.25, -0.2) is 15.0 Å². The zero-order valence-electron chi connectivity index (χ0n) is 18.2. The average Bonchev–Trinajstić information content (AvgIpc) is 3.29. The second-order valence-electron chi connectivity index (χ2n) is 8.40. The predicted octanol–water partition coefficient (Wildman–Crippen LogP) is 5.71. The molecule has 4 heterocycles. The first-order valence-electron chi connectivity index (χ1n) is 10.6. The van der Waals surface area contributed by atoms with Crippen molar-refractivity contribution in [3.8, 4) is 0 Å². The number of fused-ring (bicyclic) bond motifs is 2. The van der Waals surface area contributed by atoms with Crippen molar-refractivity contribution in [1.82, 2.24) is 15.0 Å². The van der Waals surface area contributed by atoms with E-state index in [-0.39, 0.29) is 5.91 Å². The summed E-state index contributed by atoms with van der Waals surface area (Å²) in [5, 5.41) is 4.65. The molecule has 0 unspecified atom stereocenters. The molecule has 3 aromatic heterocycles. The van der Waals surface area contributed by atoms with Gasteiger partial charge in [-0.1, -0.05) is 30.4 Å². The number of hydrogen-bond acceptors (Lipinski definition) is 7. The molecule has 160 valence electrons. The van der Waals surface area contributed by atoms with Crippen LogP contribution in [0.15, 0.2) is 18.2 Å². The van der Waals surface area contributed by atoms with E-state index in [9.17, 15) is 4.79 Å². The van der Waals surface area contributed by atoms with Gasteiger partial charge in [0.2, 0.25) is 0 Å². The van der Waals surface area contributed by atoms with Gasteiger partial charge in [0.25, 0.3) is 5.91 Å². The molecule has 1 amide bonds. The van der Waals surface area contributed by atoms with Crippen LogP contribution in [-0.2, 0) is 0 Å². The minimum Gasteiger partial charge on any atom is -0.356 e. The van der Waals surface area contributed by atoms with Crippen LogP contribution in [0.5, 0.6) is 0 Å². The molecule has 1 N–H and O–H groups in total. The van der Waals surface area contributed by atoms with Crippen molar-refractivity contribution >= 4 is 60.0 Å². The van der Waals surface area contributed by atoms with E-state index in [4.69, 9.17) is 4.98 Å². The van der Waals surface area contributed by atoms with E-state index >= 15 is 0 Å². The molecule has 31 heavy (non-hydrogen) atoms. The lowest BCUT2D eigenvalue weighted by molar-refractivity contribution is 0.103. The number of amides is 1. The number of nitrogens with one attached hydrogen (secondary N) is 1. The molecule has 1 aromatic carbocycles. The number of anilines is 2. The van der Waals surface area contributed by atoms with Gasteiger partial charge in [-0.15, -0.1) is 11.3 Å². The van der Waals surface area contributed by atoms with Crippen LogP contribution in [0.1, 0.15) is 46.4 Å². The average molecular weight is 452 g/mol. The number of aryl methyl sites for hydroxylation is 3. The lowest BCUT2D eigenvalue weighted by Crippen LogP contribution is -2.33. The highest BCUT2D eigenvalue weighted by Crippen LogP contribution is 2.37. The largest absolute Gasteiger partial charge is 0.356 e. The van der Waals surface area contributed by atoms with E-state index in [0.717, 1.165) is 75.1 Å². The highest BCUT2D eigenvalue weighted by atomic mass is 32.1. The fourth-order valence-electron chi connectivity index (χ4n) is 4.18. The van der Waals surface area contributed by atoms with Crippen molar-refractivity contribution in [3.05, 3.63) is 40.0 Å². The Morgan fingerprint density at radius 3 is 2.61 bits per heavy atom. The highest BCUT2D eigenvalue weighted by Gasteiger charge is 2.25. The summed E-state index contributed by atoms with van der Waals surface area (Å²) in [6, 6.07) is 6.08. The highest BCUT2D eigenvalue weighted by molar-refractivity contribution is 7.23. The van der Waals surface area contributed by atoms with Gasteiger partial charge in [-0.3, -0.25) is 10.1 Å². The number of nitrogens with zero attached hydrogens (tertiary/aromatic N) is 4. The van der Waals surface area contributed by atoms with Gasteiger partial charge in [0, 0.05) is 13.1 Å². The quantitative estimate of drug-likeness (QED) is 0.432. The Morgan fingerprint density at radius 2 is 1.87 bits per heavy atom. The van der Waals surface area contributed by atoms with Crippen molar-refractivity contribution in [2.24, 2.45) is 5.92 Å². The van der Waals surface area contributed by atoms with Gasteiger partial charge in [-0.05, 0) is 56.7 Å². The van der Waals surface area contributed by atoms with Gasteiger partial charge >= 0.3 is 0 Å². The van der Waals surface area contributed by atoms with Crippen LogP contribution in [-0.4, -0.2) is 33.9 Å². The lowest BCUT2D eigenvalue weighted by Gasteiger charge is -2.31. The molecular weight excluding hydrogens is 426 g/mol. The number of thiophene rings is 1. The standard InChI is InChI=1S/C23H25N5OS2/c1-12-8-10-28(11-9-12)20-17-14(3)19(31-22(17)25-15(4)24-20)21(29)27-23-26-18-13(2)6-5-7-16(18)30-23/h5-7,12H,8-11H2,1-4H3,(H,26,27,29). The number of piperidine rings is 1. The van der Waals surface area contributed by atoms with Crippen molar-refractivity contribution in [2.75, 3.05) is 23.3 Å². The molecule has 0 atom stereocenters. The Kier molecular flexibility index (Phi) is 5.14. The molecule has 0 saturated carbocycles. The maximum absolute atomic E-state index is 13.2. The molecule has 0 aliphatic carbocycles. The number of carbonyl (C=O) groups is 1. The molecule has 0 spiro atoms. The number of aromatic nitrogens is 3. The predicted molar refractivity (Wildman–Crippen MR) is 130 cm³/mol. The van der Waals surface area contributed by atoms with E-state index < -0.39 is 0 Å². The number of para-hydroxylation sites is 1. The number of thiazole rings is 1. The summed E-state index contributed by atoms with van der Waals surface area (Å²) in [5.74, 6) is 2.33. The zero-order valence-corrected chi connectivity index (χ0v) is 19.8. The fourth-order valence-corrected chi connectivity index (χ4v) is 6.24. The van der Waals surface area contributed by atoms with E-state index in [0.29, 0.717) is 10.0 Å². The van der Waals surface area contributed by atoms with Gasteiger partial charge in [-0.2, -0.15) is 0 Å². The summed E-state index contributed by atoms with van der Waals surface area (Å²) in [6.45, 7) is 10.3. The Morgan fingerprint density at radius 1 is 1.10 bits per heavy atom. The van der Waals surface area contributed by atoms with E-state index in [1.54, 1.807) is 0 Å². The summed E-state index contributed by atoms with van der Waals surface area (Å²) in [6.07, 6.45) is 2.33. The molecule has 1 aliphatic rings. The minimum absolute atomic E-state index is 0.131. The number of rotatable bonds is 3. The zero-order chi connectivity index (χ0) is 21.7. The third-order valence-corrected chi connectivity index (χ3v) is 8.13. The molecule has 6 nitrogen and oxygen atoms in total. The van der Waals surface area contributed by atoms with Crippen LogP contribution in [0.3, 0.4) is 0 Å². The van der Waals surface area contributed by atoms with Crippen LogP contribution in [0.2, 0.25) is 0 Å². The Hall–Kier alpha value is -2.58. The topological polar surface area (TPSA) is 71.0 Å². The maximum atomic E-state index is 13.2. The first kappa shape index (κ1) is 20.3. The van der Waals surface area contributed by atoms with Crippen LogP contribution < -0.4 is 10.2 Å². The summed E-state index contributed by atoms with van der Waals surface area (Å²) in [4.78, 5) is 31.2. The summed E-state index contributed by atoms with van der Waals surface area (Å²) in [5.41, 5.74) is 3.00. The van der Waals surface area contributed by atoms with E-state index in [1.165, 1.54) is 22.7 Å². The summed E-state index contributed by atoms with van der Waals surface area (Å²) in [7, 11) is 0. The number of carbonyl (C=O) groups excluding carboxylic acids is 1. The van der Waals surface area contributed by atoms with Gasteiger partial charge in [0.05, 0.1) is 20.5 Å². The lowest BCUT2D eigenvalue weighted by atomic mass is 9.99. The Labute approximate surface area is 189 Å². The molecule has 4 aromatic rings. The third-order valence-electron chi connectivity index (χ3n) is 6.01. The summed E-state index contributed by atoms with van der Waals surface area (Å²) >= 11 is 2.94. The monoisotopic (exact) mass is 451 g/mol. The first-order valence-corrected chi connectivity index (χ1v) is 12.2. The fraction of sp³-hybridized carbons (Fsp3) is 0.391. The van der Waals surface area contributed by atoms with E-state index in [1.807, 2.05) is 39.0 Å². The Bertz CT molecular complexity index is 1300. The number of hydrogen-bond donors (Lipinski definition) is 1. The smallest absolute Gasteiger partial charge is 0.267 e. The second kappa shape index (κ2) is 7.84. The molecule has 0 radical (unpaired) electrons. The summed E-state index contributed by atoms with van der Waals surface area (Å²) < 4.78 is 1.08. The molecule has 5 rings (SSSR count). The minimum atomic E-state index is -0.131. The maximum Gasteiger partial charge on any atom is 0.267 e. The van der Waals surface area contributed by atoms with Crippen LogP contribution in [0.25, 0.3) is 20.4 Å². The SMILES string of the molecule is Cc1nc(N2CCC(C)CC2)c2c(C)c(C(=O)Nc3nc4c(C)cccc4s3)sc2n1. The normalized spacial score (nSPS) is 15.2. The molecule has 1 saturated heterocycles. The first-order chi connectivity index (χ1) is 14.9. The van der Waals surface area contributed by atoms with Crippen LogP contribution in [0.4, 0.5) is 10.9 Å². The van der Waals surface area contributed by atoms with Crippen molar-refractivity contribution in [2.45, 2.75) is 40.5 Å². The van der Waals surface area contributed by atoms with Gasteiger partial charge in [0.15, 0.2) is 5.13 Å². The molecular formula is C23H25N5OS2. The molecule has 1 aliphatic heterocycles. The Balaban J connectivity index is 1.51. The van der Waals surface area contributed by atoms with Crippen LogP contribution in [0, 0.1) is 26.7 Å². The van der Waals surface area contributed by atoms with Crippen molar-refractivity contribution in [3.63, 3.8) is 0 Å². The van der Waals surface area contributed by atoms with Gasteiger partial charge < -0.3 is 4.90 Å². The number of benzene rings is 1. The third kappa shape index (κ3) is 3.68. The molecule has 1 fully saturated rings.